The molecule has 12 nitrogen and oxygen atoms in total. The highest BCUT2D eigenvalue weighted by Crippen LogP contribution is 2.25. The highest BCUT2D eigenvalue weighted by atomic mass is 32.2. The molecule has 0 heterocycles. The average Bonchev–Trinajstić information content (AvgIpc) is 3.04. The fourth-order valence-electron chi connectivity index (χ4n) is 4.35. The smallest absolute Gasteiger partial charge is 0.339 e. The molecule has 0 aliphatic rings. The van der Waals surface area contributed by atoms with Crippen molar-refractivity contribution in [2.24, 2.45) is 0 Å². The lowest BCUT2D eigenvalue weighted by Crippen LogP contribution is -2.23. The number of hydrogen-bond donors (Lipinski definition) is 4. The fourth-order valence-corrected chi connectivity index (χ4v) is 6.42. The molecule has 0 unspecified atom stereocenters. The summed E-state index contributed by atoms with van der Waals surface area (Å²) in [6.07, 6.45) is 0. The van der Waals surface area contributed by atoms with Crippen LogP contribution in [0.15, 0.2) is 131 Å². The highest BCUT2D eigenvalue weighted by molar-refractivity contribution is 7.87. The summed E-state index contributed by atoms with van der Waals surface area (Å²) < 4.78 is 60.7. The Morgan fingerprint density at radius 2 is 0.854 bits per heavy atom. The zero-order valence-corrected chi connectivity index (χ0v) is 27.3. The van der Waals surface area contributed by atoms with E-state index in [1.165, 1.54) is 72.8 Å². The zero-order valence-electron chi connectivity index (χ0n) is 25.6. The van der Waals surface area contributed by atoms with Crippen LogP contribution in [-0.4, -0.2) is 28.9 Å². The van der Waals surface area contributed by atoms with Crippen molar-refractivity contribution in [1.29, 1.82) is 0 Å². The molecule has 4 N–H and O–H groups in total. The number of benzene rings is 5. The van der Waals surface area contributed by atoms with Crippen LogP contribution in [0.1, 0.15) is 11.1 Å². The highest BCUT2D eigenvalue weighted by Gasteiger charge is 2.18. The standard InChI is InChI=1S/C34H30N4O8S2/c1-23-7-5-9-29(21-23)47(41,42)45-27-17-13-25(14-18-27)35-33(39)37-31-11-3-4-12-32(31)38-34(40)36-26-15-19-28(20-16-26)46-48(43,44)30-10-6-8-24(2)22-30/h3-22H,1-2H3,(H2,35,37,39)(H2,36,38,40). The SMILES string of the molecule is Cc1cccc(S(=O)(=O)Oc2ccc(NC(=O)Nc3ccccc3NC(=O)Nc3ccc(OS(=O)(=O)c4cccc(C)c4)cc3)cc2)c1. The van der Waals surface area contributed by atoms with Gasteiger partial charge in [-0.3, -0.25) is 0 Å². The lowest BCUT2D eigenvalue weighted by Gasteiger charge is -2.14. The Bertz CT molecular complexity index is 2020. The molecule has 0 aliphatic carbocycles. The first-order chi connectivity index (χ1) is 22.9. The third-order valence-electron chi connectivity index (χ3n) is 6.62. The first kappa shape index (κ1) is 33.5. The molecule has 0 bridgehead atoms. The van der Waals surface area contributed by atoms with Gasteiger partial charge in [-0.05, 0) is 110 Å². The van der Waals surface area contributed by atoms with Crippen molar-refractivity contribution in [2.45, 2.75) is 23.6 Å². The molecular formula is C34H30N4O8S2. The molecule has 4 amide bonds. The van der Waals surface area contributed by atoms with Crippen LogP contribution in [-0.2, 0) is 20.2 Å². The summed E-state index contributed by atoms with van der Waals surface area (Å²) in [6.45, 7) is 3.55. The number of aryl methyl sites for hydroxylation is 2. The second-order valence-electron chi connectivity index (χ2n) is 10.5. The van der Waals surface area contributed by atoms with Crippen molar-refractivity contribution in [1.82, 2.24) is 0 Å². The van der Waals surface area contributed by atoms with E-state index in [-0.39, 0.29) is 21.3 Å². The maximum absolute atomic E-state index is 12.7. The van der Waals surface area contributed by atoms with Crippen LogP contribution in [0.4, 0.5) is 32.3 Å². The van der Waals surface area contributed by atoms with Crippen molar-refractivity contribution >= 4 is 55.0 Å². The minimum Gasteiger partial charge on any atom is -0.379 e. The Labute approximate surface area is 278 Å². The number of carbonyl (C=O) groups is 2. The number of nitrogens with one attached hydrogen (secondary N) is 4. The summed E-state index contributed by atoms with van der Waals surface area (Å²) >= 11 is 0. The van der Waals surface area contributed by atoms with E-state index in [1.807, 2.05) is 0 Å². The van der Waals surface area contributed by atoms with E-state index in [1.54, 1.807) is 62.4 Å². The van der Waals surface area contributed by atoms with Crippen molar-refractivity contribution in [2.75, 3.05) is 21.3 Å². The molecule has 5 aromatic carbocycles. The van der Waals surface area contributed by atoms with Crippen LogP contribution in [0.25, 0.3) is 0 Å². The van der Waals surface area contributed by atoms with Gasteiger partial charge in [-0.25, -0.2) is 9.59 Å². The van der Waals surface area contributed by atoms with Gasteiger partial charge in [-0.1, -0.05) is 36.4 Å². The Morgan fingerprint density at radius 1 is 0.479 bits per heavy atom. The lowest BCUT2D eigenvalue weighted by molar-refractivity contribution is 0.261. The predicted molar refractivity (Wildman–Crippen MR) is 183 cm³/mol. The zero-order chi connectivity index (χ0) is 34.3. The van der Waals surface area contributed by atoms with Gasteiger partial charge in [0.1, 0.15) is 21.3 Å². The summed E-state index contributed by atoms with van der Waals surface area (Å²) in [5.41, 5.74) is 2.84. The molecule has 14 heteroatoms. The van der Waals surface area contributed by atoms with Crippen LogP contribution in [0.2, 0.25) is 0 Å². The van der Waals surface area contributed by atoms with E-state index in [0.29, 0.717) is 22.7 Å². The fraction of sp³-hybridized carbons (Fsp3) is 0.0588. The summed E-state index contributed by atoms with van der Waals surface area (Å²) in [6, 6.07) is 29.5. The van der Waals surface area contributed by atoms with Gasteiger partial charge in [0.25, 0.3) is 0 Å². The summed E-state index contributed by atoms with van der Waals surface area (Å²) in [7, 11) is -8.07. The van der Waals surface area contributed by atoms with Gasteiger partial charge >= 0.3 is 32.3 Å². The number of urea groups is 2. The maximum atomic E-state index is 12.7. The minimum atomic E-state index is -4.03. The van der Waals surface area contributed by atoms with Crippen molar-refractivity contribution in [3.8, 4) is 11.5 Å². The largest absolute Gasteiger partial charge is 0.379 e. The Hall–Kier alpha value is -5.86. The molecule has 0 aromatic heterocycles. The number of hydrogen-bond acceptors (Lipinski definition) is 8. The Kier molecular flexibility index (Phi) is 9.96. The molecule has 0 atom stereocenters. The first-order valence-corrected chi connectivity index (χ1v) is 17.2. The van der Waals surface area contributed by atoms with Crippen molar-refractivity contribution in [3.05, 3.63) is 132 Å². The molecule has 5 aromatic rings. The van der Waals surface area contributed by atoms with Crippen LogP contribution in [0.5, 0.6) is 11.5 Å². The average molecular weight is 687 g/mol. The second kappa shape index (κ2) is 14.3. The Morgan fingerprint density at radius 3 is 1.21 bits per heavy atom. The summed E-state index contributed by atoms with van der Waals surface area (Å²) in [5.74, 6) is 0.134. The number of amides is 4. The molecule has 0 saturated carbocycles. The minimum absolute atomic E-state index is 0.0275. The molecule has 48 heavy (non-hydrogen) atoms. The Balaban J connectivity index is 1.15. The third kappa shape index (κ3) is 8.90. The second-order valence-corrected chi connectivity index (χ2v) is 13.6. The molecule has 0 radical (unpaired) electrons. The normalized spacial score (nSPS) is 11.2. The van der Waals surface area contributed by atoms with Crippen molar-refractivity contribution in [3.63, 3.8) is 0 Å². The third-order valence-corrected chi connectivity index (χ3v) is 9.10. The van der Waals surface area contributed by atoms with Gasteiger partial charge in [0.15, 0.2) is 0 Å². The van der Waals surface area contributed by atoms with E-state index in [9.17, 15) is 26.4 Å². The van der Waals surface area contributed by atoms with Gasteiger partial charge < -0.3 is 29.6 Å². The molecule has 0 spiro atoms. The van der Waals surface area contributed by atoms with Gasteiger partial charge in [0.05, 0.1) is 11.4 Å². The van der Waals surface area contributed by atoms with E-state index in [2.05, 4.69) is 21.3 Å². The van der Waals surface area contributed by atoms with Crippen LogP contribution >= 0.6 is 0 Å². The van der Waals surface area contributed by atoms with Gasteiger partial charge in [0.2, 0.25) is 0 Å². The van der Waals surface area contributed by atoms with Crippen LogP contribution in [0, 0.1) is 13.8 Å². The van der Waals surface area contributed by atoms with E-state index in [4.69, 9.17) is 8.37 Å². The molecule has 0 saturated heterocycles. The number of rotatable bonds is 10. The van der Waals surface area contributed by atoms with E-state index < -0.39 is 32.3 Å². The van der Waals surface area contributed by atoms with Crippen LogP contribution < -0.4 is 29.6 Å². The molecule has 246 valence electrons. The topological polar surface area (TPSA) is 169 Å². The van der Waals surface area contributed by atoms with Gasteiger partial charge in [-0.2, -0.15) is 16.8 Å². The van der Waals surface area contributed by atoms with Gasteiger partial charge in [0, 0.05) is 11.4 Å². The maximum Gasteiger partial charge on any atom is 0.339 e. The summed E-state index contributed by atoms with van der Waals surface area (Å²) in [5, 5.41) is 10.6. The molecule has 0 aliphatic heterocycles. The summed E-state index contributed by atoms with van der Waals surface area (Å²) in [4.78, 5) is 25.5. The predicted octanol–water partition coefficient (Wildman–Crippen LogP) is 7.13. The monoisotopic (exact) mass is 686 g/mol. The van der Waals surface area contributed by atoms with Crippen molar-refractivity contribution < 1.29 is 34.8 Å². The number of anilines is 4. The van der Waals surface area contributed by atoms with E-state index >= 15 is 0 Å². The number of carbonyl (C=O) groups excluding carboxylic acids is 2. The van der Waals surface area contributed by atoms with E-state index in [0.717, 1.165) is 11.1 Å². The molecule has 0 fully saturated rings. The van der Waals surface area contributed by atoms with Gasteiger partial charge in [-0.15, -0.1) is 0 Å². The first-order valence-electron chi connectivity index (χ1n) is 14.3. The molecule has 5 rings (SSSR count). The molecular weight excluding hydrogens is 657 g/mol. The lowest BCUT2D eigenvalue weighted by atomic mass is 10.2. The quantitative estimate of drug-likeness (QED) is 0.113. The number of para-hydroxylation sites is 2. The van der Waals surface area contributed by atoms with Crippen LogP contribution in [0.3, 0.4) is 0 Å².